The lowest BCUT2D eigenvalue weighted by molar-refractivity contribution is -0.142. The van der Waals surface area contributed by atoms with Crippen LogP contribution in [0.15, 0.2) is 24.3 Å². The Balaban J connectivity index is 2.47. The number of hydrogen-bond donors (Lipinski definition) is 1. The monoisotopic (exact) mass is 264 g/mol. The van der Waals surface area contributed by atoms with Crippen molar-refractivity contribution in [1.29, 1.82) is 0 Å². The quantitative estimate of drug-likeness (QED) is 0.733. The molecule has 0 aliphatic carbocycles. The molecule has 3 heteroatoms. The maximum atomic E-state index is 11.3. The molecule has 1 atom stereocenters. The lowest BCUT2D eigenvalue weighted by Crippen LogP contribution is -2.19. The summed E-state index contributed by atoms with van der Waals surface area (Å²) in [6.07, 6.45) is 1.14. The predicted molar refractivity (Wildman–Crippen MR) is 76.3 cm³/mol. The van der Waals surface area contributed by atoms with Crippen LogP contribution < -0.4 is 0 Å². The Labute approximate surface area is 115 Å². The third kappa shape index (κ3) is 6.39. The molecule has 1 N–H and O–H groups in total. The van der Waals surface area contributed by atoms with E-state index < -0.39 is 5.97 Å². The van der Waals surface area contributed by atoms with Crippen LogP contribution in [-0.2, 0) is 16.0 Å². The van der Waals surface area contributed by atoms with Crippen molar-refractivity contribution in [1.82, 2.24) is 0 Å². The molecular formula is C16H24O3. The summed E-state index contributed by atoms with van der Waals surface area (Å²) in [6, 6.07) is 8.02. The van der Waals surface area contributed by atoms with E-state index in [1.807, 2.05) is 31.2 Å². The number of benzene rings is 1. The van der Waals surface area contributed by atoms with Crippen LogP contribution in [0.4, 0.5) is 0 Å². The number of hydrogen-bond acceptors (Lipinski definition) is 2. The van der Waals surface area contributed by atoms with Gasteiger partial charge in [-0.1, -0.05) is 43.7 Å². The summed E-state index contributed by atoms with van der Waals surface area (Å²) in [5.74, 6) is -0.622. The first-order chi connectivity index (χ1) is 8.99. The fraction of sp³-hybridized carbons (Fsp3) is 0.562. The zero-order valence-electron chi connectivity index (χ0n) is 12.1. The Hall–Kier alpha value is -1.35. The van der Waals surface area contributed by atoms with Gasteiger partial charge in [0.05, 0.1) is 5.92 Å². The van der Waals surface area contributed by atoms with Crippen molar-refractivity contribution in [2.45, 2.75) is 33.6 Å². The summed E-state index contributed by atoms with van der Waals surface area (Å²) in [4.78, 5) is 11.3. The lowest BCUT2D eigenvalue weighted by Gasteiger charge is -2.13. The second kappa shape index (κ2) is 7.95. The Morgan fingerprint density at radius 2 is 2.11 bits per heavy atom. The van der Waals surface area contributed by atoms with Gasteiger partial charge in [0.2, 0.25) is 0 Å². The number of carboxylic acids is 1. The molecule has 0 saturated heterocycles. The molecule has 0 spiro atoms. The van der Waals surface area contributed by atoms with Gasteiger partial charge >= 0.3 is 5.97 Å². The molecule has 0 amide bonds. The Morgan fingerprint density at radius 1 is 1.37 bits per heavy atom. The van der Waals surface area contributed by atoms with E-state index >= 15 is 0 Å². The van der Waals surface area contributed by atoms with Crippen molar-refractivity contribution in [3.05, 3.63) is 35.4 Å². The predicted octanol–water partition coefficient (Wildman–Crippen LogP) is 3.30. The van der Waals surface area contributed by atoms with Crippen molar-refractivity contribution in [2.24, 2.45) is 11.8 Å². The number of ether oxygens (including phenoxy) is 1. The van der Waals surface area contributed by atoms with Crippen LogP contribution in [-0.4, -0.2) is 24.3 Å². The topological polar surface area (TPSA) is 46.5 Å². The molecule has 0 saturated carbocycles. The van der Waals surface area contributed by atoms with E-state index in [0.29, 0.717) is 32.0 Å². The number of carboxylic acid groups (broad SMARTS) is 1. The van der Waals surface area contributed by atoms with E-state index in [1.54, 1.807) is 0 Å². The van der Waals surface area contributed by atoms with E-state index in [9.17, 15) is 9.90 Å². The molecule has 1 aromatic carbocycles. The zero-order valence-corrected chi connectivity index (χ0v) is 12.1. The van der Waals surface area contributed by atoms with Crippen molar-refractivity contribution in [3.63, 3.8) is 0 Å². The summed E-state index contributed by atoms with van der Waals surface area (Å²) in [5, 5.41) is 9.26. The fourth-order valence-corrected chi connectivity index (χ4v) is 1.98. The van der Waals surface area contributed by atoms with Crippen LogP contribution in [0.5, 0.6) is 0 Å². The largest absolute Gasteiger partial charge is 0.481 e. The molecule has 0 radical (unpaired) electrons. The molecule has 1 aromatic rings. The molecule has 0 aliphatic rings. The van der Waals surface area contributed by atoms with Crippen LogP contribution >= 0.6 is 0 Å². The van der Waals surface area contributed by atoms with Crippen molar-refractivity contribution >= 4 is 5.97 Å². The van der Waals surface area contributed by atoms with Crippen LogP contribution in [0.3, 0.4) is 0 Å². The highest BCUT2D eigenvalue weighted by Crippen LogP contribution is 2.14. The molecule has 19 heavy (non-hydrogen) atoms. The van der Waals surface area contributed by atoms with Gasteiger partial charge in [-0.05, 0) is 31.2 Å². The molecule has 1 rings (SSSR count). The van der Waals surface area contributed by atoms with Crippen molar-refractivity contribution in [2.75, 3.05) is 13.2 Å². The van der Waals surface area contributed by atoms with Gasteiger partial charge in [0.15, 0.2) is 0 Å². The van der Waals surface area contributed by atoms with Gasteiger partial charge in [-0.15, -0.1) is 0 Å². The average Bonchev–Trinajstić information content (AvgIpc) is 2.32. The van der Waals surface area contributed by atoms with E-state index in [2.05, 4.69) is 13.8 Å². The normalized spacial score (nSPS) is 12.6. The smallest absolute Gasteiger partial charge is 0.306 e. The first kappa shape index (κ1) is 15.7. The van der Waals surface area contributed by atoms with E-state index in [-0.39, 0.29) is 5.92 Å². The molecule has 106 valence electrons. The summed E-state index contributed by atoms with van der Waals surface area (Å²) < 4.78 is 5.47. The second-order valence-corrected chi connectivity index (χ2v) is 5.49. The van der Waals surface area contributed by atoms with Gasteiger partial charge in [-0.25, -0.2) is 0 Å². The zero-order chi connectivity index (χ0) is 14.3. The number of aliphatic carboxylic acids is 1. The third-order valence-electron chi connectivity index (χ3n) is 2.98. The number of carbonyl (C=O) groups is 1. The van der Waals surface area contributed by atoms with Gasteiger partial charge < -0.3 is 9.84 Å². The first-order valence-electron chi connectivity index (χ1n) is 6.85. The third-order valence-corrected chi connectivity index (χ3v) is 2.98. The minimum atomic E-state index is -0.741. The minimum Gasteiger partial charge on any atom is -0.481 e. The summed E-state index contributed by atoms with van der Waals surface area (Å²) in [5.41, 5.74) is 2.24. The van der Waals surface area contributed by atoms with Gasteiger partial charge in [-0.3, -0.25) is 4.79 Å². The highest BCUT2D eigenvalue weighted by atomic mass is 16.5. The van der Waals surface area contributed by atoms with Crippen LogP contribution in [0.1, 0.15) is 31.4 Å². The molecule has 0 aromatic heterocycles. The highest BCUT2D eigenvalue weighted by molar-refractivity contribution is 5.70. The van der Waals surface area contributed by atoms with E-state index in [0.717, 1.165) is 11.1 Å². The van der Waals surface area contributed by atoms with Gasteiger partial charge in [0.1, 0.15) is 0 Å². The van der Waals surface area contributed by atoms with Gasteiger partial charge in [0, 0.05) is 13.2 Å². The van der Waals surface area contributed by atoms with Crippen LogP contribution in [0, 0.1) is 18.8 Å². The van der Waals surface area contributed by atoms with Gasteiger partial charge in [-0.2, -0.15) is 0 Å². The maximum Gasteiger partial charge on any atom is 0.306 e. The number of rotatable bonds is 8. The van der Waals surface area contributed by atoms with E-state index in [4.69, 9.17) is 4.74 Å². The molecule has 0 fully saturated rings. The van der Waals surface area contributed by atoms with Crippen LogP contribution in [0.2, 0.25) is 0 Å². The van der Waals surface area contributed by atoms with E-state index in [1.165, 1.54) is 0 Å². The molecule has 0 bridgehead atoms. The maximum absolute atomic E-state index is 11.3. The SMILES string of the molecule is Cc1cccc(CC(CCOCC(C)C)C(=O)O)c1. The fourth-order valence-electron chi connectivity index (χ4n) is 1.98. The Morgan fingerprint density at radius 3 is 2.68 bits per heavy atom. The molecule has 0 heterocycles. The second-order valence-electron chi connectivity index (χ2n) is 5.49. The standard InChI is InChI=1S/C16H24O3/c1-12(2)11-19-8-7-15(16(17)18)10-14-6-4-5-13(3)9-14/h4-6,9,12,15H,7-8,10-11H2,1-3H3,(H,17,18). The molecule has 0 aliphatic heterocycles. The summed E-state index contributed by atoms with van der Waals surface area (Å²) in [6.45, 7) is 7.39. The summed E-state index contributed by atoms with van der Waals surface area (Å²) in [7, 11) is 0. The average molecular weight is 264 g/mol. The molecule has 3 nitrogen and oxygen atoms in total. The van der Waals surface area contributed by atoms with Crippen molar-refractivity contribution in [3.8, 4) is 0 Å². The van der Waals surface area contributed by atoms with Gasteiger partial charge in [0.25, 0.3) is 0 Å². The Bertz CT molecular complexity index is 399. The summed E-state index contributed by atoms with van der Waals surface area (Å²) >= 11 is 0. The van der Waals surface area contributed by atoms with Crippen LogP contribution in [0.25, 0.3) is 0 Å². The minimum absolute atomic E-state index is 0.367. The first-order valence-corrected chi connectivity index (χ1v) is 6.85. The highest BCUT2D eigenvalue weighted by Gasteiger charge is 2.17. The molecule has 1 unspecified atom stereocenters. The van der Waals surface area contributed by atoms with Crippen molar-refractivity contribution < 1.29 is 14.6 Å². The molecular weight excluding hydrogens is 240 g/mol. The Kier molecular flexibility index (Phi) is 6.57. The number of aryl methyl sites for hydroxylation is 1. The lowest BCUT2D eigenvalue weighted by atomic mass is 9.96.